The normalized spacial score (nSPS) is 23.2. The SMILES string of the molecule is COc1ccc2[nH]c(CN3CCN([C@H]4CCNC4)CC3)c(C)c2c1. The summed E-state index contributed by atoms with van der Waals surface area (Å²) in [4.78, 5) is 8.85. The Labute approximate surface area is 144 Å². The summed E-state index contributed by atoms with van der Waals surface area (Å²) in [6.07, 6.45) is 1.31. The van der Waals surface area contributed by atoms with Gasteiger partial charge < -0.3 is 15.0 Å². The van der Waals surface area contributed by atoms with E-state index in [2.05, 4.69) is 39.2 Å². The highest BCUT2D eigenvalue weighted by molar-refractivity contribution is 5.85. The number of hydrogen-bond acceptors (Lipinski definition) is 4. The van der Waals surface area contributed by atoms with E-state index in [9.17, 15) is 0 Å². The Bertz CT molecular complexity index is 697. The highest BCUT2D eigenvalue weighted by Crippen LogP contribution is 2.27. The number of aromatic nitrogens is 1. The molecule has 1 atom stereocenters. The van der Waals surface area contributed by atoms with Crippen molar-refractivity contribution in [1.29, 1.82) is 0 Å². The summed E-state index contributed by atoms with van der Waals surface area (Å²) < 4.78 is 5.36. The maximum absolute atomic E-state index is 5.36. The topological polar surface area (TPSA) is 43.5 Å². The molecule has 5 nitrogen and oxygen atoms in total. The molecular weight excluding hydrogens is 300 g/mol. The average Bonchev–Trinajstić information content (AvgIpc) is 3.25. The van der Waals surface area contributed by atoms with E-state index in [4.69, 9.17) is 4.74 Å². The number of H-pyrrole nitrogens is 1. The monoisotopic (exact) mass is 328 g/mol. The van der Waals surface area contributed by atoms with Crippen LogP contribution in [-0.4, -0.2) is 67.2 Å². The number of fused-ring (bicyclic) bond motifs is 1. The number of rotatable bonds is 4. The van der Waals surface area contributed by atoms with Crippen molar-refractivity contribution in [3.05, 3.63) is 29.5 Å². The van der Waals surface area contributed by atoms with Crippen LogP contribution in [0.1, 0.15) is 17.7 Å². The molecule has 0 radical (unpaired) electrons. The fourth-order valence-electron chi connectivity index (χ4n) is 4.11. The first-order chi connectivity index (χ1) is 11.7. The van der Waals surface area contributed by atoms with E-state index in [1.165, 1.54) is 54.8 Å². The van der Waals surface area contributed by atoms with Gasteiger partial charge in [0.05, 0.1) is 7.11 Å². The molecule has 5 heteroatoms. The van der Waals surface area contributed by atoms with Crippen LogP contribution in [0.4, 0.5) is 0 Å². The number of ether oxygens (including phenoxy) is 1. The van der Waals surface area contributed by atoms with Gasteiger partial charge in [-0.1, -0.05) is 0 Å². The zero-order valence-electron chi connectivity index (χ0n) is 14.8. The van der Waals surface area contributed by atoms with Crippen LogP contribution in [0.2, 0.25) is 0 Å². The van der Waals surface area contributed by atoms with Crippen LogP contribution in [0.25, 0.3) is 10.9 Å². The van der Waals surface area contributed by atoms with Crippen LogP contribution in [0.3, 0.4) is 0 Å². The Morgan fingerprint density at radius 3 is 2.75 bits per heavy atom. The first-order valence-electron chi connectivity index (χ1n) is 9.07. The molecule has 130 valence electrons. The highest BCUT2D eigenvalue weighted by Gasteiger charge is 2.26. The summed E-state index contributed by atoms with van der Waals surface area (Å²) in [5.74, 6) is 0.926. The lowest BCUT2D eigenvalue weighted by molar-refractivity contribution is 0.0974. The molecule has 2 aliphatic heterocycles. The van der Waals surface area contributed by atoms with Crippen LogP contribution >= 0.6 is 0 Å². The number of hydrogen-bond donors (Lipinski definition) is 2. The fourth-order valence-corrected chi connectivity index (χ4v) is 4.11. The molecule has 0 unspecified atom stereocenters. The molecule has 2 saturated heterocycles. The predicted molar refractivity (Wildman–Crippen MR) is 97.7 cm³/mol. The quantitative estimate of drug-likeness (QED) is 0.901. The molecule has 2 aliphatic rings. The Morgan fingerprint density at radius 2 is 2.04 bits per heavy atom. The molecular formula is C19H28N4O. The molecule has 2 N–H and O–H groups in total. The molecule has 1 aromatic carbocycles. The second kappa shape index (κ2) is 6.75. The number of aromatic amines is 1. The van der Waals surface area contributed by atoms with Crippen LogP contribution in [0.15, 0.2) is 18.2 Å². The fraction of sp³-hybridized carbons (Fsp3) is 0.579. The van der Waals surface area contributed by atoms with E-state index >= 15 is 0 Å². The zero-order chi connectivity index (χ0) is 16.5. The summed E-state index contributed by atoms with van der Waals surface area (Å²) in [6, 6.07) is 7.04. The number of aryl methyl sites for hydroxylation is 1. The maximum Gasteiger partial charge on any atom is 0.119 e. The second-order valence-electron chi connectivity index (χ2n) is 7.10. The van der Waals surface area contributed by atoms with E-state index in [0.29, 0.717) is 0 Å². The molecule has 2 aromatic rings. The zero-order valence-corrected chi connectivity index (χ0v) is 14.8. The lowest BCUT2D eigenvalue weighted by Crippen LogP contribution is -2.50. The van der Waals surface area contributed by atoms with Gasteiger partial charge >= 0.3 is 0 Å². The smallest absolute Gasteiger partial charge is 0.119 e. The Balaban J connectivity index is 1.42. The van der Waals surface area contributed by atoms with Crippen molar-refractivity contribution in [3.8, 4) is 5.75 Å². The summed E-state index contributed by atoms with van der Waals surface area (Å²) >= 11 is 0. The van der Waals surface area contributed by atoms with Gasteiger partial charge in [0.1, 0.15) is 5.75 Å². The van der Waals surface area contributed by atoms with Crippen molar-refractivity contribution >= 4 is 10.9 Å². The molecule has 24 heavy (non-hydrogen) atoms. The van der Waals surface area contributed by atoms with Gasteiger partial charge in [-0.3, -0.25) is 9.80 Å². The standard InChI is InChI=1S/C19H28N4O/c1-14-17-11-16(24-2)3-4-18(17)21-19(14)13-22-7-9-23(10-8-22)15-5-6-20-12-15/h3-4,11,15,20-21H,5-10,12-13H2,1-2H3/t15-/m0/s1. The van der Waals surface area contributed by atoms with Crippen molar-refractivity contribution < 1.29 is 4.74 Å². The van der Waals surface area contributed by atoms with Gasteiger partial charge in [-0.25, -0.2) is 0 Å². The van der Waals surface area contributed by atoms with Gasteiger partial charge in [0, 0.05) is 61.9 Å². The molecule has 0 bridgehead atoms. The van der Waals surface area contributed by atoms with Crippen molar-refractivity contribution in [2.75, 3.05) is 46.4 Å². The molecule has 0 amide bonds. The van der Waals surface area contributed by atoms with E-state index in [0.717, 1.165) is 31.4 Å². The molecule has 0 spiro atoms. The molecule has 0 saturated carbocycles. The van der Waals surface area contributed by atoms with Crippen LogP contribution in [0.5, 0.6) is 5.75 Å². The van der Waals surface area contributed by atoms with Crippen LogP contribution < -0.4 is 10.1 Å². The third kappa shape index (κ3) is 3.04. The van der Waals surface area contributed by atoms with Gasteiger partial charge in [-0.05, 0) is 43.7 Å². The van der Waals surface area contributed by atoms with Crippen molar-refractivity contribution in [1.82, 2.24) is 20.1 Å². The van der Waals surface area contributed by atoms with Gasteiger partial charge in [-0.2, -0.15) is 0 Å². The minimum atomic E-state index is 0.759. The number of benzene rings is 1. The third-order valence-corrected chi connectivity index (χ3v) is 5.71. The first-order valence-corrected chi connectivity index (χ1v) is 9.07. The molecule has 3 heterocycles. The predicted octanol–water partition coefficient (Wildman–Crippen LogP) is 1.96. The molecule has 1 aromatic heterocycles. The van der Waals surface area contributed by atoms with Crippen LogP contribution in [-0.2, 0) is 6.54 Å². The Morgan fingerprint density at radius 1 is 1.21 bits per heavy atom. The number of methoxy groups -OCH3 is 1. The summed E-state index contributed by atoms with van der Waals surface area (Å²) in [7, 11) is 1.73. The Hall–Kier alpha value is -1.56. The minimum absolute atomic E-state index is 0.759. The van der Waals surface area contributed by atoms with Gasteiger partial charge in [0.2, 0.25) is 0 Å². The lowest BCUT2D eigenvalue weighted by Gasteiger charge is -2.37. The summed E-state index contributed by atoms with van der Waals surface area (Å²) in [6.45, 7) is 10.3. The maximum atomic E-state index is 5.36. The molecule has 0 aliphatic carbocycles. The number of nitrogens with one attached hydrogen (secondary N) is 2. The van der Waals surface area contributed by atoms with E-state index in [1.807, 2.05) is 6.07 Å². The van der Waals surface area contributed by atoms with Crippen molar-refractivity contribution in [2.24, 2.45) is 0 Å². The largest absolute Gasteiger partial charge is 0.497 e. The highest BCUT2D eigenvalue weighted by atomic mass is 16.5. The number of nitrogens with zero attached hydrogens (tertiary/aromatic N) is 2. The van der Waals surface area contributed by atoms with Gasteiger partial charge in [0.15, 0.2) is 0 Å². The van der Waals surface area contributed by atoms with E-state index in [1.54, 1.807) is 7.11 Å². The van der Waals surface area contributed by atoms with E-state index < -0.39 is 0 Å². The van der Waals surface area contributed by atoms with Crippen molar-refractivity contribution in [2.45, 2.75) is 25.9 Å². The second-order valence-corrected chi connectivity index (χ2v) is 7.10. The summed E-state index contributed by atoms with van der Waals surface area (Å²) in [5.41, 5.74) is 3.90. The molecule has 2 fully saturated rings. The van der Waals surface area contributed by atoms with Crippen LogP contribution in [0, 0.1) is 6.92 Å². The number of piperazine rings is 1. The summed E-state index contributed by atoms with van der Waals surface area (Å²) in [5, 5.41) is 4.76. The third-order valence-electron chi connectivity index (χ3n) is 5.71. The minimum Gasteiger partial charge on any atom is -0.497 e. The lowest BCUT2D eigenvalue weighted by atomic mass is 10.1. The Kier molecular flexibility index (Phi) is 4.48. The van der Waals surface area contributed by atoms with Gasteiger partial charge in [-0.15, -0.1) is 0 Å². The van der Waals surface area contributed by atoms with E-state index in [-0.39, 0.29) is 0 Å². The van der Waals surface area contributed by atoms with Crippen molar-refractivity contribution in [3.63, 3.8) is 0 Å². The van der Waals surface area contributed by atoms with Gasteiger partial charge in [0.25, 0.3) is 0 Å². The first kappa shape index (κ1) is 15.9. The molecule has 4 rings (SSSR count). The average molecular weight is 328 g/mol.